The second-order valence-electron chi connectivity index (χ2n) is 11.0. The zero-order valence-corrected chi connectivity index (χ0v) is 24.6. The summed E-state index contributed by atoms with van der Waals surface area (Å²) in [6.45, 7) is 0. The average molecular weight is 599 g/mol. The highest BCUT2D eigenvalue weighted by Gasteiger charge is 2.19. The van der Waals surface area contributed by atoms with Gasteiger partial charge >= 0.3 is 0 Å². The van der Waals surface area contributed by atoms with Gasteiger partial charge in [0.05, 0.1) is 11.0 Å². The molecular weight excluding hydrogens is 576 g/mol. The summed E-state index contributed by atoms with van der Waals surface area (Å²) in [5, 5.41) is 4.92. The number of benzene rings is 6. The van der Waals surface area contributed by atoms with Gasteiger partial charge < -0.3 is 8.98 Å². The van der Waals surface area contributed by atoms with Crippen molar-refractivity contribution in [2.75, 3.05) is 0 Å². The number of hydrogen-bond donors (Lipinski definition) is 0. The summed E-state index contributed by atoms with van der Waals surface area (Å²) in [6, 6.07) is 47.1. The standard InChI is InChI=1S/C39H23ClN4O/c40-26-20-21-34-31(23-26)36-30(16-9-19-35(36)45-34)39-42-37(24-10-2-1-3-11-24)41-38(43-39)25-12-8-13-27(22-25)44-32-17-6-4-14-28(32)29-15-5-7-18-33(29)44/h1-23H. The number of aromatic nitrogens is 4. The predicted molar refractivity (Wildman–Crippen MR) is 183 cm³/mol. The minimum absolute atomic E-state index is 0.564. The third kappa shape index (κ3) is 4.20. The number of rotatable bonds is 4. The fourth-order valence-corrected chi connectivity index (χ4v) is 6.48. The van der Waals surface area contributed by atoms with E-state index in [0.717, 1.165) is 55.3 Å². The zero-order chi connectivity index (χ0) is 29.9. The summed E-state index contributed by atoms with van der Waals surface area (Å²) < 4.78 is 8.50. The van der Waals surface area contributed by atoms with E-state index in [1.807, 2.05) is 66.7 Å². The Balaban J connectivity index is 1.28. The molecule has 0 spiro atoms. The van der Waals surface area contributed by atoms with Crippen LogP contribution >= 0.6 is 11.6 Å². The molecular formula is C39H23ClN4O. The van der Waals surface area contributed by atoms with Gasteiger partial charge in [-0.15, -0.1) is 0 Å². The molecule has 0 radical (unpaired) electrons. The Morgan fingerprint density at radius 1 is 0.489 bits per heavy atom. The highest BCUT2D eigenvalue weighted by atomic mass is 35.5. The lowest BCUT2D eigenvalue weighted by Crippen LogP contribution is -2.01. The number of halogens is 1. The quantitative estimate of drug-likeness (QED) is 0.202. The van der Waals surface area contributed by atoms with Gasteiger partial charge in [-0.3, -0.25) is 0 Å². The van der Waals surface area contributed by atoms with Gasteiger partial charge in [-0.1, -0.05) is 103 Å². The van der Waals surface area contributed by atoms with Crippen LogP contribution in [0.15, 0.2) is 144 Å². The van der Waals surface area contributed by atoms with E-state index < -0.39 is 0 Å². The number of hydrogen-bond acceptors (Lipinski definition) is 4. The predicted octanol–water partition coefficient (Wildman–Crippen LogP) is 10.5. The number of para-hydroxylation sites is 2. The molecule has 9 aromatic rings. The Kier molecular flexibility index (Phi) is 5.80. The summed E-state index contributed by atoms with van der Waals surface area (Å²) in [4.78, 5) is 15.1. The highest BCUT2D eigenvalue weighted by molar-refractivity contribution is 6.32. The highest BCUT2D eigenvalue weighted by Crippen LogP contribution is 2.38. The summed E-state index contributed by atoms with van der Waals surface area (Å²) in [7, 11) is 0. The zero-order valence-electron chi connectivity index (χ0n) is 23.9. The molecule has 45 heavy (non-hydrogen) atoms. The Hall–Kier alpha value is -5.78. The molecule has 3 aromatic heterocycles. The number of fused-ring (bicyclic) bond motifs is 6. The van der Waals surface area contributed by atoms with Crippen LogP contribution in [0.5, 0.6) is 0 Å². The van der Waals surface area contributed by atoms with E-state index in [2.05, 4.69) is 77.4 Å². The summed E-state index contributed by atoms with van der Waals surface area (Å²) in [5.74, 6) is 1.75. The monoisotopic (exact) mass is 598 g/mol. The SMILES string of the molecule is Clc1ccc2oc3cccc(-c4nc(-c5ccccc5)nc(-c5cccc(-n6c7ccccc7c7ccccc76)c5)n4)c3c2c1. The fraction of sp³-hybridized carbons (Fsp3) is 0. The minimum Gasteiger partial charge on any atom is -0.456 e. The first-order valence-corrected chi connectivity index (χ1v) is 15.1. The smallest absolute Gasteiger partial charge is 0.164 e. The molecule has 0 N–H and O–H groups in total. The molecule has 6 heteroatoms. The first-order chi connectivity index (χ1) is 22.2. The molecule has 0 amide bonds. The molecule has 3 heterocycles. The van der Waals surface area contributed by atoms with E-state index in [0.29, 0.717) is 22.5 Å². The van der Waals surface area contributed by atoms with Crippen molar-refractivity contribution in [3.63, 3.8) is 0 Å². The van der Waals surface area contributed by atoms with Crippen LogP contribution in [-0.4, -0.2) is 19.5 Å². The molecule has 0 aliphatic rings. The molecule has 5 nitrogen and oxygen atoms in total. The topological polar surface area (TPSA) is 56.7 Å². The van der Waals surface area contributed by atoms with Crippen molar-refractivity contribution in [1.82, 2.24) is 19.5 Å². The van der Waals surface area contributed by atoms with Crippen molar-refractivity contribution in [2.24, 2.45) is 0 Å². The molecule has 0 bridgehead atoms. The number of furan rings is 1. The van der Waals surface area contributed by atoms with E-state index in [9.17, 15) is 0 Å². The van der Waals surface area contributed by atoms with Gasteiger partial charge in [0.25, 0.3) is 0 Å². The average Bonchev–Trinajstić information content (AvgIpc) is 3.64. The van der Waals surface area contributed by atoms with E-state index in [1.165, 1.54) is 10.8 Å². The Bertz CT molecular complexity index is 2510. The third-order valence-corrected chi connectivity index (χ3v) is 8.54. The van der Waals surface area contributed by atoms with Crippen molar-refractivity contribution in [3.05, 3.63) is 145 Å². The molecule has 0 saturated carbocycles. The van der Waals surface area contributed by atoms with Crippen molar-refractivity contribution in [2.45, 2.75) is 0 Å². The van der Waals surface area contributed by atoms with Crippen molar-refractivity contribution < 1.29 is 4.42 Å². The van der Waals surface area contributed by atoms with Gasteiger partial charge in [0.1, 0.15) is 11.2 Å². The fourth-order valence-electron chi connectivity index (χ4n) is 6.31. The van der Waals surface area contributed by atoms with Crippen LogP contribution in [0.1, 0.15) is 0 Å². The lowest BCUT2D eigenvalue weighted by molar-refractivity contribution is 0.669. The van der Waals surface area contributed by atoms with Crippen LogP contribution in [0.3, 0.4) is 0 Å². The second kappa shape index (κ2) is 10.2. The van der Waals surface area contributed by atoms with E-state index in [1.54, 1.807) is 0 Å². The normalized spacial score (nSPS) is 11.7. The molecule has 0 fully saturated rings. The Morgan fingerprint density at radius 2 is 1.13 bits per heavy atom. The van der Waals surface area contributed by atoms with Gasteiger partial charge in [0.2, 0.25) is 0 Å². The maximum atomic E-state index is 6.43. The molecule has 0 aliphatic carbocycles. The first-order valence-electron chi connectivity index (χ1n) is 14.7. The molecule has 0 saturated heterocycles. The summed E-state index contributed by atoms with van der Waals surface area (Å²) in [6.07, 6.45) is 0. The van der Waals surface area contributed by atoms with Crippen molar-refractivity contribution in [3.8, 4) is 39.9 Å². The lowest BCUT2D eigenvalue weighted by atomic mass is 10.1. The van der Waals surface area contributed by atoms with Crippen molar-refractivity contribution in [1.29, 1.82) is 0 Å². The second-order valence-corrected chi connectivity index (χ2v) is 11.4. The molecule has 0 atom stereocenters. The van der Waals surface area contributed by atoms with E-state index >= 15 is 0 Å². The van der Waals surface area contributed by atoms with Gasteiger partial charge in [0, 0.05) is 48.9 Å². The Labute approximate surface area is 263 Å². The van der Waals surface area contributed by atoms with Crippen LogP contribution in [0.2, 0.25) is 5.02 Å². The molecule has 9 rings (SSSR count). The Morgan fingerprint density at radius 3 is 1.91 bits per heavy atom. The maximum absolute atomic E-state index is 6.43. The van der Waals surface area contributed by atoms with Crippen LogP contribution in [0.4, 0.5) is 0 Å². The third-order valence-electron chi connectivity index (χ3n) is 8.31. The van der Waals surface area contributed by atoms with Gasteiger partial charge in [-0.2, -0.15) is 0 Å². The van der Waals surface area contributed by atoms with Crippen LogP contribution in [-0.2, 0) is 0 Å². The van der Waals surface area contributed by atoms with E-state index in [4.69, 9.17) is 31.0 Å². The van der Waals surface area contributed by atoms with Gasteiger partial charge in [-0.25, -0.2) is 15.0 Å². The van der Waals surface area contributed by atoms with E-state index in [-0.39, 0.29) is 0 Å². The largest absolute Gasteiger partial charge is 0.456 e. The van der Waals surface area contributed by atoms with Crippen molar-refractivity contribution >= 4 is 55.3 Å². The summed E-state index contributed by atoms with van der Waals surface area (Å²) >= 11 is 6.43. The molecule has 6 aromatic carbocycles. The van der Waals surface area contributed by atoms with Gasteiger partial charge in [0.15, 0.2) is 17.5 Å². The molecule has 0 unspecified atom stereocenters. The molecule has 0 aliphatic heterocycles. The molecule has 212 valence electrons. The lowest BCUT2D eigenvalue weighted by Gasteiger charge is -2.12. The van der Waals surface area contributed by atoms with Crippen LogP contribution < -0.4 is 0 Å². The maximum Gasteiger partial charge on any atom is 0.164 e. The van der Waals surface area contributed by atoms with Crippen LogP contribution in [0, 0.1) is 0 Å². The summed E-state index contributed by atoms with van der Waals surface area (Å²) in [5.41, 5.74) is 7.50. The number of nitrogens with zero attached hydrogens (tertiary/aromatic N) is 4. The van der Waals surface area contributed by atoms with Gasteiger partial charge in [-0.05, 0) is 48.5 Å². The first kappa shape index (κ1) is 25.7. The van der Waals surface area contributed by atoms with Crippen LogP contribution in [0.25, 0.3) is 83.6 Å². The minimum atomic E-state index is 0.564.